The van der Waals surface area contributed by atoms with E-state index < -0.39 is 23.7 Å². The third-order valence-electron chi connectivity index (χ3n) is 5.97. The van der Waals surface area contributed by atoms with Crippen LogP contribution in [0.3, 0.4) is 0 Å². The van der Waals surface area contributed by atoms with E-state index in [1.807, 2.05) is 0 Å². The van der Waals surface area contributed by atoms with Crippen LogP contribution < -0.4 is 14.8 Å². The molecular formula is C25H24ClFN2O5. The highest BCUT2D eigenvalue weighted by Crippen LogP contribution is 2.38. The summed E-state index contributed by atoms with van der Waals surface area (Å²) in [6.07, 6.45) is 5.72. The highest BCUT2D eigenvalue weighted by molar-refractivity contribution is 6.33. The van der Waals surface area contributed by atoms with E-state index in [-0.39, 0.29) is 34.7 Å². The fourth-order valence-electron chi connectivity index (χ4n) is 4.24. The molecule has 1 aliphatic heterocycles. The second-order valence-corrected chi connectivity index (χ2v) is 8.61. The van der Waals surface area contributed by atoms with Crippen LogP contribution >= 0.6 is 11.6 Å². The van der Waals surface area contributed by atoms with Gasteiger partial charge in [0.15, 0.2) is 11.5 Å². The molecular weight excluding hydrogens is 463 g/mol. The fourth-order valence-corrected chi connectivity index (χ4v) is 4.51. The lowest BCUT2D eigenvalue weighted by Gasteiger charge is -2.35. The number of methoxy groups -OCH3 is 1. The van der Waals surface area contributed by atoms with Gasteiger partial charge in [0.1, 0.15) is 18.0 Å². The van der Waals surface area contributed by atoms with E-state index in [1.54, 1.807) is 24.3 Å². The standard InChI is InChI=1S/C25H24ClFN2O5/c1-33-21-13-15(12-19(26)22(21)34-14-16-7-5-6-10-20(16)27)11-18-23(30)28-25(32)29(24(18)31)17-8-3-2-4-9-17/h5-7,10-13,17H,2-4,8-9,14H2,1H3,(H,28,30,32). The van der Waals surface area contributed by atoms with Crippen molar-refractivity contribution in [2.75, 3.05) is 7.11 Å². The van der Waals surface area contributed by atoms with Crippen LogP contribution in [0.5, 0.6) is 11.5 Å². The summed E-state index contributed by atoms with van der Waals surface area (Å²) < 4.78 is 25.0. The second-order valence-electron chi connectivity index (χ2n) is 8.20. The zero-order valence-corrected chi connectivity index (χ0v) is 19.4. The number of carbonyl (C=O) groups excluding carboxylic acids is 3. The third kappa shape index (κ3) is 4.92. The summed E-state index contributed by atoms with van der Waals surface area (Å²) >= 11 is 6.41. The molecule has 4 rings (SSSR count). The maximum absolute atomic E-state index is 13.9. The molecule has 1 saturated heterocycles. The number of halogens is 2. The number of benzene rings is 2. The van der Waals surface area contributed by atoms with Crippen LogP contribution in [0, 0.1) is 5.82 Å². The quantitative estimate of drug-likeness (QED) is 0.465. The minimum Gasteiger partial charge on any atom is -0.493 e. The summed E-state index contributed by atoms with van der Waals surface area (Å²) in [4.78, 5) is 39.1. The summed E-state index contributed by atoms with van der Waals surface area (Å²) in [7, 11) is 1.42. The average Bonchev–Trinajstić information content (AvgIpc) is 2.82. The normalized spacial score (nSPS) is 18.3. The molecule has 1 heterocycles. The van der Waals surface area contributed by atoms with E-state index in [0.29, 0.717) is 24.0 Å². The van der Waals surface area contributed by atoms with E-state index in [4.69, 9.17) is 21.1 Å². The molecule has 1 N–H and O–H groups in total. The van der Waals surface area contributed by atoms with E-state index in [9.17, 15) is 18.8 Å². The first-order valence-corrected chi connectivity index (χ1v) is 11.4. The molecule has 4 amide bonds. The van der Waals surface area contributed by atoms with Crippen molar-refractivity contribution in [1.82, 2.24) is 10.2 Å². The van der Waals surface area contributed by atoms with E-state index >= 15 is 0 Å². The Labute approximate surface area is 201 Å². The van der Waals surface area contributed by atoms with Gasteiger partial charge in [-0.25, -0.2) is 9.18 Å². The van der Waals surface area contributed by atoms with Crippen LogP contribution in [0.4, 0.5) is 9.18 Å². The lowest BCUT2D eigenvalue weighted by molar-refractivity contribution is -0.132. The van der Waals surface area contributed by atoms with Crippen LogP contribution in [-0.4, -0.2) is 35.9 Å². The summed E-state index contributed by atoms with van der Waals surface area (Å²) in [5, 5.41) is 2.42. The number of nitrogens with one attached hydrogen (secondary N) is 1. The summed E-state index contributed by atoms with van der Waals surface area (Å²) in [6.45, 7) is -0.0669. The topological polar surface area (TPSA) is 84.9 Å². The van der Waals surface area contributed by atoms with Crippen molar-refractivity contribution >= 4 is 35.5 Å². The number of hydrogen-bond donors (Lipinski definition) is 1. The number of imide groups is 2. The van der Waals surface area contributed by atoms with Crippen LogP contribution in [0.15, 0.2) is 42.0 Å². The van der Waals surface area contributed by atoms with Gasteiger partial charge < -0.3 is 9.47 Å². The van der Waals surface area contributed by atoms with Crippen LogP contribution in [-0.2, 0) is 16.2 Å². The molecule has 0 radical (unpaired) electrons. The first-order chi connectivity index (χ1) is 16.4. The number of amides is 4. The summed E-state index contributed by atoms with van der Waals surface area (Å²) in [6, 6.07) is 8.36. The van der Waals surface area contributed by atoms with Crippen LogP contribution in [0.25, 0.3) is 6.08 Å². The lowest BCUT2D eigenvalue weighted by Crippen LogP contribution is -2.58. The van der Waals surface area contributed by atoms with Crippen molar-refractivity contribution in [2.45, 2.75) is 44.8 Å². The Hall–Kier alpha value is -3.39. The van der Waals surface area contributed by atoms with Gasteiger partial charge in [-0.2, -0.15) is 0 Å². The van der Waals surface area contributed by atoms with Crippen molar-refractivity contribution in [2.24, 2.45) is 0 Å². The predicted octanol–water partition coefficient (Wildman–Crippen LogP) is 4.86. The molecule has 2 aromatic rings. The molecule has 0 unspecified atom stereocenters. The zero-order valence-electron chi connectivity index (χ0n) is 18.6. The minimum atomic E-state index is -0.767. The SMILES string of the molecule is COc1cc(C=C2C(=O)NC(=O)N(C3CCCCC3)C2=O)cc(Cl)c1OCc1ccccc1F. The second kappa shape index (κ2) is 10.3. The zero-order chi connectivity index (χ0) is 24.2. The molecule has 2 aromatic carbocycles. The molecule has 2 aliphatic rings. The van der Waals surface area contributed by atoms with Gasteiger partial charge in [-0.05, 0) is 42.7 Å². The Morgan fingerprint density at radius 1 is 1.15 bits per heavy atom. The number of barbiturate groups is 1. The third-order valence-corrected chi connectivity index (χ3v) is 6.25. The van der Waals surface area contributed by atoms with Crippen molar-refractivity contribution < 1.29 is 28.2 Å². The van der Waals surface area contributed by atoms with E-state index in [0.717, 1.165) is 24.2 Å². The molecule has 9 heteroatoms. The first kappa shape index (κ1) is 23.8. The van der Waals surface area contributed by atoms with Gasteiger partial charge in [0.25, 0.3) is 11.8 Å². The molecule has 0 spiro atoms. The molecule has 2 fully saturated rings. The number of carbonyl (C=O) groups is 3. The van der Waals surface area contributed by atoms with E-state index in [2.05, 4.69) is 5.32 Å². The van der Waals surface area contributed by atoms with Crippen molar-refractivity contribution in [1.29, 1.82) is 0 Å². The van der Waals surface area contributed by atoms with Crippen molar-refractivity contribution in [3.05, 3.63) is 63.9 Å². The van der Waals surface area contributed by atoms with Gasteiger partial charge in [0, 0.05) is 11.6 Å². The fraction of sp³-hybridized carbons (Fsp3) is 0.320. The van der Waals surface area contributed by atoms with E-state index in [1.165, 1.54) is 25.3 Å². The number of urea groups is 1. The van der Waals surface area contributed by atoms with Gasteiger partial charge in [0.2, 0.25) is 0 Å². The highest BCUT2D eigenvalue weighted by Gasteiger charge is 2.40. The van der Waals surface area contributed by atoms with Gasteiger partial charge in [-0.3, -0.25) is 19.8 Å². The Morgan fingerprint density at radius 3 is 2.59 bits per heavy atom. The van der Waals surface area contributed by atoms with Crippen molar-refractivity contribution in [3.63, 3.8) is 0 Å². The monoisotopic (exact) mass is 486 g/mol. The molecule has 0 bridgehead atoms. The number of nitrogens with zero attached hydrogens (tertiary/aromatic N) is 1. The average molecular weight is 487 g/mol. The number of rotatable bonds is 6. The Bertz CT molecular complexity index is 1160. The Balaban J connectivity index is 1.60. The van der Waals surface area contributed by atoms with Gasteiger partial charge in [0.05, 0.1) is 12.1 Å². The Morgan fingerprint density at radius 2 is 1.88 bits per heavy atom. The van der Waals surface area contributed by atoms with Gasteiger partial charge in [-0.15, -0.1) is 0 Å². The van der Waals surface area contributed by atoms with Crippen molar-refractivity contribution in [3.8, 4) is 11.5 Å². The number of ether oxygens (including phenoxy) is 2. The molecule has 1 aliphatic carbocycles. The smallest absolute Gasteiger partial charge is 0.331 e. The number of hydrogen-bond acceptors (Lipinski definition) is 5. The van der Waals surface area contributed by atoms with Crippen LogP contribution in [0.1, 0.15) is 43.2 Å². The molecule has 0 atom stereocenters. The van der Waals surface area contributed by atoms with Gasteiger partial charge >= 0.3 is 6.03 Å². The molecule has 0 aromatic heterocycles. The summed E-state index contributed by atoms with van der Waals surface area (Å²) in [5.41, 5.74) is 0.601. The minimum absolute atomic E-state index is 0.0669. The Kier molecular flexibility index (Phi) is 7.17. The van der Waals surface area contributed by atoms with Crippen LogP contribution in [0.2, 0.25) is 5.02 Å². The predicted molar refractivity (Wildman–Crippen MR) is 124 cm³/mol. The first-order valence-electron chi connectivity index (χ1n) is 11.0. The molecule has 7 nitrogen and oxygen atoms in total. The molecule has 1 saturated carbocycles. The maximum Gasteiger partial charge on any atom is 0.331 e. The van der Waals surface area contributed by atoms with Gasteiger partial charge in [-0.1, -0.05) is 49.1 Å². The highest BCUT2D eigenvalue weighted by atomic mass is 35.5. The molecule has 178 valence electrons. The summed E-state index contributed by atoms with van der Waals surface area (Å²) in [5.74, 6) is -1.35. The lowest BCUT2D eigenvalue weighted by atomic mass is 9.93. The largest absolute Gasteiger partial charge is 0.493 e. The maximum atomic E-state index is 13.9. The molecule has 34 heavy (non-hydrogen) atoms.